The SMILES string of the molecule is CC/C=C\C[C@H](O)/C=C/[C@@H]1c2cc(CCCCC(=O)O)oc2C[C@H]1O. The van der Waals surface area contributed by atoms with Crippen molar-refractivity contribution in [2.24, 2.45) is 0 Å². The Balaban J connectivity index is 1.92. The number of allylic oxidation sites excluding steroid dienone is 1. The van der Waals surface area contributed by atoms with Crippen LogP contribution in [0, 0.1) is 0 Å². The first-order valence-corrected chi connectivity index (χ1v) is 9.04. The summed E-state index contributed by atoms with van der Waals surface area (Å²) in [7, 11) is 0. The topological polar surface area (TPSA) is 90.9 Å². The standard InChI is InChI=1S/C20H28O5/c1-2-3-4-7-14(21)10-11-16-17-12-15(8-5-6-9-20(23)24)25-19(17)13-18(16)22/h3-4,10-12,14,16,18,21-22H,2,5-9,13H2,1H3,(H,23,24)/b4-3-,11-10+/t14-,16+,18+/m0/s1. The predicted octanol–water partition coefficient (Wildman–Crippen LogP) is 3.35. The van der Waals surface area contributed by atoms with Gasteiger partial charge in [-0.2, -0.15) is 0 Å². The van der Waals surface area contributed by atoms with Gasteiger partial charge in [0, 0.05) is 30.7 Å². The van der Waals surface area contributed by atoms with Gasteiger partial charge in [-0.05, 0) is 31.7 Å². The molecule has 2 rings (SSSR count). The van der Waals surface area contributed by atoms with Gasteiger partial charge in [0.2, 0.25) is 0 Å². The summed E-state index contributed by atoms with van der Waals surface area (Å²) < 4.78 is 5.81. The summed E-state index contributed by atoms with van der Waals surface area (Å²) in [5.41, 5.74) is 0.980. The molecule has 0 aromatic carbocycles. The van der Waals surface area contributed by atoms with Crippen molar-refractivity contribution in [2.45, 2.75) is 70.0 Å². The van der Waals surface area contributed by atoms with Crippen LogP contribution in [0.4, 0.5) is 0 Å². The quantitative estimate of drug-likeness (QED) is 0.445. The molecule has 0 spiro atoms. The Kier molecular flexibility index (Phi) is 7.47. The van der Waals surface area contributed by atoms with Gasteiger partial charge < -0.3 is 19.7 Å². The van der Waals surface area contributed by atoms with Gasteiger partial charge in [0.25, 0.3) is 0 Å². The summed E-state index contributed by atoms with van der Waals surface area (Å²) in [6.45, 7) is 2.05. The molecular weight excluding hydrogens is 320 g/mol. The van der Waals surface area contributed by atoms with E-state index in [-0.39, 0.29) is 12.3 Å². The van der Waals surface area contributed by atoms with Crippen LogP contribution in [0.2, 0.25) is 0 Å². The van der Waals surface area contributed by atoms with Crippen LogP contribution in [0.1, 0.15) is 62.0 Å². The fraction of sp³-hybridized carbons (Fsp3) is 0.550. The first-order valence-electron chi connectivity index (χ1n) is 9.04. The van der Waals surface area contributed by atoms with Crippen LogP contribution < -0.4 is 0 Å². The molecule has 5 heteroatoms. The number of carbonyl (C=O) groups is 1. The molecule has 1 aliphatic rings. The highest BCUT2D eigenvalue weighted by Gasteiger charge is 2.33. The lowest BCUT2D eigenvalue weighted by molar-refractivity contribution is -0.137. The van der Waals surface area contributed by atoms with Gasteiger partial charge in [-0.3, -0.25) is 4.79 Å². The number of aliphatic hydroxyl groups excluding tert-OH is 2. The van der Waals surface area contributed by atoms with Crippen molar-refractivity contribution in [1.82, 2.24) is 0 Å². The zero-order valence-corrected chi connectivity index (χ0v) is 14.7. The van der Waals surface area contributed by atoms with Crippen LogP contribution in [0.25, 0.3) is 0 Å². The van der Waals surface area contributed by atoms with Crippen LogP contribution >= 0.6 is 0 Å². The van der Waals surface area contributed by atoms with Gasteiger partial charge in [0.05, 0.1) is 12.2 Å². The Morgan fingerprint density at radius 1 is 1.40 bits per heavy atom. The maximum absolute atomic E-state index is 10.5. The van der Waals surface area contributed by atoms with E-state index in [4.69, 9.17) is 9.52 Å². The number of aryl methyl sites for hydroxylation is 1. The molecule has 3 N–H and O–H groups in total. The number of carboxylic acids is 1. The van der Waals surface area contributed by atoms with Crippen LogP contribution in [0.15, 0.2) is 34.8 Å². The van der Waals surface area contributed by atoms with Crippen LogP contribution in [0.5, 0.6) is 0 Å². The third kappa shape index (κ3) is 5.87. The summed E-state index contributed by atoms with van der Waals surface area (Å²) in [6.07, 6.45) is 10.8. The van der Waals surface area contributed by atoms with Crippen molar-refractivity contribution in [3.05, 3.63) is 47.5 Å². The van der Waals surface area contributed by atoms with E-state index in [0.717, 1.165) is 29.9 Å². The second-order valence-corrected chi connectivity index (χ2v) is 6.56. The molecule has 1 aromatic rings. The largest absolute Gasteiger partial charge is 0.481 e. The minimum atomic E-state index is -0.775. The Morgan fingerprint density at radius 3 is 2.92 bits per heavy atom. The first kappa shape index (κ1) is 19.5. The molecule has 0 aliphatic heterocycles. The number of hydrogen-bond donors (Lipinski definition) is 3. The van der Waals surface area contributed by atoms with E-state index in [2.05, 4.69) is 0 Å². The molecule has 0 bridgehead atoms. The number of furan rings is 1. The summed E-state index contributed by atoms with van der Waals surface area (Å²) in [4.78, 5) is 10.5. The number of aliphatic carboxylic acids is 1. The van der Waals surface area contributed by atoms with E-state index in [1.54, 1.807) is 6.08 Å². The Bertz CT molecular complexity index is 614. The van der Waals surface area contributed by atoms with E-state index in [1.807, 2.05) is 31.2 Å². The van der Waals surface area contributed by atoms with E-state index < -0.39 is 18.2 Å². The van der Waals surface area contributed by atoms with Crippen molar-refractivity contribution < 1.29 is 24.5 Å². The maximum atomic E-state index is 10.5. The molecule has 1 heterocycles. The van der Waals surface area contributed by atoms with Crippen molar-refractivity contribution >= 4 is 5.97 Å². The molecule has 25 heavy (non-hydrogen) atoms. The Hall–Kier alpha value is -1.85. The highest BCUT2D eigenvalue weighted by atomic mass is 16.4. The number of aliphatic hydroxyl groups is 2. The monoisotopic (exact) mass is 348 g/mol. The fourth-order valence-electron chi connectivity index (χ4n) is 3.13. The highest BCUT2D eigenvalue weighted by molar-refractivity contribution is 5.66. The fourth-order valence-corrected chi connectivity index (χ4v) is 3.13. The molecule has 0 radical (unpaired) electrons. The van der Waals surface area contributed by atoms with Crippen molar-refractivity contribution in [2.75, 3.05) is 0 Å². The third-order valence-corrected chi connectivity index (χ3v) is 4.45. The van der Waals surface area contributed by atoms with Gasteiger partial charge in [0.1, 0.15) is 11.5 Å². The minimum Gasteiger partial charge on any atom is -0.481 e. The molecule has 5 nitrogen and oxygen atoms in total. The summed E-state index contributed by atoms with van der Waals surface area (Å²) in [5.74, 6) is 0.710. The summed E-state index contributed by atoms with van der Waals surface area (Å²) in [5, 5.41) is 28.9. The van der Waals surface area contributed by atoms with Gasteiger partial charge in [-0.15, -0.1) is 0 Å². The Morgan fingerprint density at radius 2 is 2.20 bits per heavy atom. The number of fused-ring (bicyclic) bond motifs is 1. The number of unbranched alkanes of at least 4 members (excludes halogenated alkanes) is 1. The Labute approximate surface area is 148 Å². The molecule has 1 aliphatic carbocycles. The lowest BCUT2D eigenvalue weighted by Crippen LogP contribution is -2.12. The smallest absolute Gasteiger partial charge is 0.303 e. The molecule has 1 aromatic heterocycles. The van der Waals surface area contributed by atoms with Crippen LogP contribution in [0.3, 0.4) is 0 Å². The van der Waals surface area contributed by atoms with Crippen molar-refractivity contribution in [3.63, 3.8) is 0 Å². The van der Waals surface area contributed by atoms with Gasteiger partial charge in [-0.1, -0.05) is 31.2 Å². The van der Waals surface area contributed by atoms with Gasteiger partial charge in [-0.25, -0.2) is 0 Å². The zero-order valence-electron chi connectivity index (χ0n) is 14.7. The normalized spacial score (nSPS) is 21.2. The van der Waals surface area contributed by atoms with E-state index in [9.17, 15) is 15.0 Å². The average Bonchev–Trinajstić information content (AvgIpc) is 3.06. The minimum absolute atomic E-state index is 0.156. The predicted molar refractivity (Wildman–Crippen MR) is 95.5 cm³/mol. The molecule has 0 fully saturated rings. The van der Waals surface area contributed by atoms with E-state index >= 15 is 0 Å². The van der Waals surface area contributed by atoms with E-state index in [1.165, 1.54) is 0 Å². The average molecular weight is 348 g/mol. The molecule has 138 valence electrons. The highest BCUT2D eigenvalue weighted by Crippen LogP contribution is 2.37. The van der Waals surface area contributed by atoms with Crippen molar-refractivity contribution in [1.29, 1.82) is 0 Å². The van der Waals surface area contributed by atoms with E-state index in [0.29, 0.717) is 25.7 Å². The van der Waals surface area contributed by atoms with Crippen LogP contribution in [-0.2, 0) is 17.6 Å². The van der Waals surface area contributed by atoms with Gasteiger partial charge in [0.15, 0.2) is 0 Å². The summed E-state index contributed by atoms with van der Waals surface area (Å²) >= 11 is 0. The molecule has 0 amide bonds. The molecule has 3 atom stereocenters. The third-order valence-electron chi connectivity index (χ3n) is 4.45. The lowest BCUT2D eigenvalue weighted by Gasteiger charge is -2.11. The second-order valence-electron chi connectivity index (χ2n) is 6.56. The van der Waals surface area contributed by atoms with Crippen LogP contribution in [-0.4, -0.2) is 33.5 Å². The molecule has 0 unspecified atom stereocenters. The first-order chi connectivity index (χ1) is 12.0. The second kappa shape index (κ2) is 9.59. The van der Waals surface area contributed by atoms with Crippen molar-refractivity contribution in [3.8, 4) is 0 Å². The number of carboxylic acid groups (broad SMARTS) is 1. The molecule has 0 saturated heterocycles. The number of rotatable bonds is 10. The summed E-state index contributed by atoms with van der Waals surface area (Å²) in [6, 6.07) is 1.96. The molecule has 0 saturated carbocycles. The molecular formula is C20H28O5. The lowest BCUT2D eigenvalue weighted by atomic mass is 9.99. The number of hydrogen-bond acceptors (Lipinski definition) is 4. The van der Waals surface area contributed by atoms with Gasteiger partial charge >= 0.3 is 5.97 Å². The maximum Gasteiger partial charge on any atom is 0.303 e. The zero-order chi connectivity index (χ0) is 18.2.